The van der Waals surface area contributed by atoms with Gasteiger partial charge in [0.1, 0.15) is 10.6 Å². The molecule has 0 fully saturated rings. The highest BCUT2D eigenvalue weighted by Gasteiger charge is 2.25. The number of hydrogen-bond donors (Lipinski definition) is 1. The molecule has 10 heteroatoms. The van der Waals surface area contributed by atoms with Crippen LogP contribution in [0.3, 0.4) is 0 Å². The molecule has 1 heterocycles. The van der Waals surface area contributed by atoms with E-state index in [-0.39, 0.29) is 22.1 Å². The van der Waals surface area contributed by atoms with Gasteiger partial charge in [-0.15, -0.1) is 0 Å². The van der Waals surface area contributed by atoms with Crippen molar-refractivity contribution in [3.05, 3.63) is 53.3 Å². The zero-order chi connectivity index (χ0) is 23.6. The van der Waals surface area contributed by atoms with Crippen LogP contribution in [-0.4, -0.2) is 50.0 Å². The molecule has 1 aromatic heterocycles. The first-order valence-electron chi connectivity index (χ1n) is 9.91. The van der Waals surface area contributed by atoms with Gasteiger partial charge in [0, 0.05) is 25.6 Å². The number of nitrogens with zero attached hydrogens (tertiary/aromatic N) is 3. The molecule has 0 unspecified atom stereocenters. The van der Waals surface area contributed by atoms with Crippen LogP contribution in [0.2, 0.25) is 0 Å². The summed E-state index contributed by atoms with van der Waals surface area (Å²) in [5.41, 5.74) is 2.03. The summed E-state index contributed by atoms with van der Waals surface area (Å²) in [7, 11) is 0.383. The topological polar surface area (TPSA) is 115 Å². The van der Waals surface area contributed by atoms with Gasteiger partial charge in [-0.25, -0.2) is 12.7 Å². The van der Waals surface area contributed by atoms with Gasteiger partial charge < -0.3 is 14.6 Å². The highest BCUT2D eigenvalue weighted by Crippen LogP contribution is 2.32. The molecule has 3 aromatic rings. The normalized spacial score (nSPS) is 11.8. The molecule has 0 aliphatic carbocycles. The van der Waals surface area contributed by atoms with Gasteiger partial charge >= 0.3 is 0 Å². The lowest BCUT2D eigenvalue weighted by Crippen LogP contribution is -2.23. The summed E-state index contributed by atoms with van der Waals surface area (Å²) >= 11 is 0. The first kappa shape index (κ1) is 23.4. The molecule has 9 nitrogen and oxygen atoms in total. The number of hydrogen-bond acceptors (Lipinski definition) is 7. The van der Waals surface area contributed by atoms with Crippen molar-refractivity contribution in [2.75, 3.05) is 26.5 Å². The van der Waals surface area contributed by atoms with E-state index in [9.17, 15) is 13.2 Å². The van der Waals surface area contributed by atoms with Crippen LogP contribution in [-0.2, 0) is 10.0 Å². The minimum absolute atomic E-state index is 0.0896. The molecule has 1 amide bonds. The molecule has 2 aromatic carbocycles. The van der Waals surface area contributed by atoms with Crippen molar-refractivity contribution in [2.24, 2.45) is 0 Å². The molecule has 1 N–H and O–H groups in total. The molecular formula is C22H26N4O5S. The number of nitrogens with one attached hydrogen (secondary N) is 1. The number of anilines is 1. The molecule has 0 spiro atoms. The summed E-state index contributed by atoms with van der Waals surface area (Å²) in [6.45, 7) is 5.75. The zero-order valence-corrected chi connectivity index (χ0v) is 19.6. The van der Waals surface area contributed by atoms with Crippen LogP contribution < -0.4 is 10.1 Å². The summed E-state index contributed by atoms with van der Waals surface area (Å²) in [5.74, 6) is 0.610. The van der Waals surface area contributed by atoms with Gasteiger partial charge in [-0.05, 0) is 36.8 Å². The maximum atomic E-state index is 13.1. The number of rotatable bonds is 7. The van der Waals surface area contributed by atoms with Crippen molar-refractivity contribution in [1.82, 2.24) is 14.4 Å². The van der Waals surface area contributed by atoms with E-state index < -0.39 is 15.9 Å². The van der Waals surface area contributed by atoms with E-state index in [0.717, 1.165) is 9.87 Å². The van der Waals surface area contributed by atoms with E-state index in [1.54, 1.807) is 6.07 Å². The van der Waals surface area contributed by atoms with E-state index in [4.69, 9.17) is 9.26 Å². The molecule has 0 aliphatic heterocycles. The molecule has 0 aliphatic rings. The maximum absolute atomic E-state index is 13.1. The quantitative estimate of drug-likeness (QED) is 0.574. The predicted octanol–water partition coefficient (Wildman–Crippen LogP) is 3.68. The molecule has 0 saturated heterocycles. The SMILES string of the molecule is COc1ccc(C(=O)Nc2c(C)cccc2-c2nc(C(C)C)no2)cc1S(=O)(=O)N(C)C. The smallest absolute Gasteiger partial charge is 0.260 e. The lowest BCUT2D eigenvalue weighted by molar-refractivity contribution is 0.102. The number of benzene rings is 2. The zero-order valence-electron chi connectivity index (χ0n) is 18.8. The van der Waals surface area contributed by atoms with Crippen molar-refractivity contribution in [3.8, 4) is 17.2 Å². The Kier molecular flexibility index (Phi) is 6.65. The Hall–Kier alpha value is -3.24. The van der Waals surface area contributed by atoms with Crippen LogP contribution in [0.5, 0.6) is 5.75 Å². The third-order valence-corrected chi connectivity index (χ3v) is 6.72. The van der Waals surface area contributed by atoms with Gasteiger partial charge in [-0.2, -0.15) is 4.98 Å². The fourth-order valence-corrected chi connectivity index (χ4v) is 4.07. The van der Waals surface area contributed by atoms with Crippen molar-refractivity contribution < 1.29 is 22.5 Å². The summed E-state index contributed by atoms with van der Waals surface area (Å²) in [5, 5.41) is 6.85. The Balaban J connectivity index is 2.01. The van der Waals surface area contributed by atoms with Crippen molar-refractivity contribution >= 4 is 21.6 Å². The van der Waals surface area contributed by atoms with E-state index in [2.05, 4.69) is 15.5 Å². The fourth-order valence-electron chi connectivity index (χ4n) is 2.99. The van der Waals surface area contributed by atoms with Crippen LogP contribution in [0, 0.1) is 6.92 Å². The van der Waals surface area contributed by atoms with Gasteiger partial charge in [0.15, 0.2) is 5.82 Å². The summed E-state index contributed by atoms with van der Waals surface area (Å²) in [6, 6.07) is 9.70. The lowest BCUT2D eigenvalue weighted by Gasteiger charge is -2.16. The minimum Gasteiger partial charge on any atom is -0.495 e. The highest BCUT2D eigenvalue weighted by molar-refractivity contribution is 7.89. The van der Waals surface area contributed by atoms with E-state index in [0.29, 0.717) is 23.0 Å². The number of carbonyl (C=O) groups is 1. The molecule has 0 atom stereocenters. The lowest BCUT2D eigenvalue weighted by atomic mass is 10.1. The van der Waals surface area contributed by atoms with Crippen LogP contribution in [0.1, 0.15) is 41.5 Å². The number of aromatic nitrogens is 2. The Labute approximate surface area is 187 Å². The molecule has 170 valence electrons. The molecular weight excluding hydrogens is 432 g/mol. The number of sulfonamides is 1. The number of amides is 1. The van der Waals surface area contributed by atoms with Crippen LogP contribution in [0.25, 0.3) is 11.5 Å². The first-order valence-corrected chi connectivity index (χ1v) is 11.4. The number of aryl methyl sites for hydroxylation is 1. The van der Waals surface area contributed by atoms with Gasteiger partial charge in [-0.3, -0.25) is 4.79 Å². The predicted molar refractivity (Wildman–Crippen MR) is 120 cm³/mol. The Morgan fingerprint density at radius 3 is 2.50 bits per heavy atom. The largest absolute Gasteiger partial charge is 0.495 e. The van der Waals surface area contributed by atoms with Crippen molar-refractivity contribution in [2.45, 2.75) is 31.6 Å². The molecule has 3 rings (SSSR count). The second kappa shape index (κ2) is 9.09. The van der Waals surface area contributed by atoms with Crippen LogP contribution in [0.4, 0.5) is 5.69 Å². The molecule has 0 saturated carbocycles. The highest BCUT2D eigenvalue weighted by atomic mass is 32.2. The van der Waals surface area contributed by atoms with E-state index in [1.165, 1.54) is 39.4 Å². The van der Waals surface area contributed by atoms with Crippen LogP contribution in [0.15, 0.2) is 45.8 Å². The Morgan fingerprint density at radius 1 is 1.19 bits per heavy atom. The summed E-state index contributed by atoms with van der Waals surface area (Å²) in [4.78, 5) is 17.4. The Bertz CT molecular complexity index is 1250. The van der Waals surface area contributed by atoms with E-state index >= 15 is 0 Å². The van der Waals surface area contributed by atoms with Crippen molar-refractivity contribution in [3.63, 3.8) is 0 Å². The summed E-state index contributed by atoms with van der Waals surface area (Å²) in [6.07, 6.45) is 0. The molecule has 0 bridgehead atoms. The van der Waals surface area contributed by atoms with Gasteiger partial charge in [0.05, 0.1) is 18.4 Å². The molecule has 32 heavy (non-hydrogen) atoms. The molecule has 0 radical (unpaired) electrons. The van der Waals surface area contributed by atoms with Gasteiger partial charge in [-0.1, -0.05) is 31.1 Å². The standard InChI is InChI=1S/C22H26N4O5S/c1-13(2)20-24-22(31-25-20)16-9-7-8-14(3)19(16)23-21(27)15-10-11-17(30-6)18(12-15)32(28,29)26(4)5/h7-13H,1-6H3,(H,23,27). The average Bonchev–Trinajstić information content (AvgIpc) is 3.25. The maximum Gasteiger partial charge on any atom is 0.260 e. The second-order valence-corrected chi connectivity index (χ2v) is 9.84. The van der Waals surface area contributed by atoms with Gasteiger partial charge in [0.2, 0.25) is 10.0 Å². The monoisotopic (exact) mass is 458 g/mol. The van der Waals surface area contributed by atoms with E-state index in [1.807, 2.05) is 32.9 Å². The summed E-state index contributed by atoms with van der Waals surface area (Å²) < 4.78 is 37.0. The number of ether oxygens (including phenoxy) is 1. The second-order valence-electron chi connectivity index (χ2n) is 7.72. The minimum atomic E-state index is -3.82. The third-order valence-electron chi connectivity index (χ3n) is 4.88. The average molecular weight is 459 g/mol. The van der Waals surface area contributed by atoms with Gasteiger partial charge in [0.25, 0.3) is 11.8 Å². The van der Waals surface area contributed by atoms with Crippen molar-refractivity contribution in [1.29, 1.82) is 0 Å². The Morgan fingerprint density at radius 2 is 1.91 bits per heavy atom. The number of para-hydroxylation sites is 1. The van der Waals surface area contributed by atoms with Crippen LogP contribution >= 0.6 is 0 Å². The number of carbonyl (C=O) groups excluding carboxylic acids is 1. The first-order chi connectivity index (χ1) is 15.1. The number of methoxy groups -OCH3 is 1. The third kappa shape index (κ3) is 4.51. The fraction of sp³-hybridized carbons (Fsp3) is 0.318.